The van der Waals surface area contributed by atoms with E-state index >= 15 is 0 Å². The molecule has 2 rings (SSSR count). The van der Waals surface area contributed by atoms with Crippen LogP contribution in [0.25, 0.3) is 0 Å². The largest absolute Gasteiger partial charge is 0.484 e. The lowest BCUT2D eigenvalue weighted by Crippen LogP contribution is -2.51. The number of rotatable bonds is 9. The van der Waals surface area contributed by atoms with Crippen molar-refractivity contribution in [3.63, 3.8) is 0 Å². The summed E-state index contributed by atoms with van der Waals surface area (Å²) in [4.78, 5) is 24.5. The van der Waals surface area contributed by atoms with E-state index in [4.69, 9.17) is 4.74 Å². The molecule has 1 atom stereocenters. The average Bonchev–Trinajstić information content (AvgIpc) is 2.66. The van der Waals surface area contributed by atoms with Crippen LogP contribution in [0.15, 0.2) is 54.6 Å². The summed E-state index contributed by atoms with van der Waals surface area (Å²) in [5.74, 6) is -0.372. The molecule has 0 saturated heterocycles. The van der Waals surface area contributed by atoms with Crippen molar-refractivity contribution in [3.05, 3.63) is 66.0 Å². The van der Waals surface area contributed by atoms with Crippen LogP contribution in [0.2, 0.25) is 0 Å². The van der Waals surface area contributed by atoms with Gasteiger partial charge in [0.25, 0.3) is 5.91 Å². The minimum atomic E-state index is -0.648. The van der Waals surface area contributed by atoms with Gasteiger partial charge in [-0.1, -0.05) is 44.2 Å². The Kier molecular flexibility index (Phi) is 7.79. The van der Waals surface area contributed by atoms with E-state index in [9.17, 15) is 14.0 Å². The number of carbonyl (C=O) groups is 2. The van der Waals surface area contributed by atoms with Crippen molar-refractivity contribution in [2.45, 2.75) is 26.3 Å². The Morgan fingerprint density at radius 2 is 1.70 bits per heavy atom. The van der Waals surface area contributed by atoms with Gasteiger partial charge in [0.05, 0.1) is 0 Å². The minimum Gasteiger partial charge on any atom is -0.484 e. The number of hydrogen-bond acceptors (Lipinski definition) is 3. The van der Waals surface area contributed by atoms with Crippen molar-refractivity contribution < 1.29 is 18.7 Å². The van der Waals surface area contributed by atoms with Gasteiger partial charge < -0.3 is 15.4 Å². The zero-order chi connectivity index (χ0) is 19.6. The van der Waals surface area contributed by atoms with Gasteiger partial charge in [-0.15, -0.1) is 0 Å². The maximum atomic E-state index is 12.9. The van der Waals surface area contributed by atoms with Crippen LogP contribution in [-0.4, -0.2) is 31.0 Å². The van der Waals surface area contributed by atoms with E-state index < -0.39 is 6.04 Å². The van der Waals surface area contributed by atoms with Crippen molar-refractivity contribution in [3.8, 4) is 5.75 Å². The Morgan fingerprint density at radius 3 is 2.33 bits per heavy atom. The molecule has 2 N–H and O–H groups in total. The highest BCUT2D eigenvalue weighted by atomic mass is 19.1. The molecule has 0 bridgehead atoms. The molecule has 2 aromatic carbocycles. The Hall–Kier alpha value is -2.89. The molecule has 0 heterocycles. The molecule has 0 radical (unpaired) electrons. The zero-order valence-corrected chi connectivity index (χ0v) is 15.6. The number of hydrogen-bond donors (Lipinski definition) is 2. The Labute approximate surface area is 158 Å². The molecule has 0 aliphatic rings. The second kappa shape index (κ2) is 10.3. The van der Waals surface area contributed by atoms with Gasteiger partial charge in [0.1, 0.15) is 17.6 Å². The first-order valence-electron chi connectivity index (χ1n) is 8.95. The van der Waals surface area contributed by atoms with Crippen molar-refractivity contribution in [2.75, 3.05) is 13.2 Å². The molecule has 2 amide bonds. The molecule has 6 heteroatoms. The summed E-state index contributed by atoms with van der Waals surface area (Å²) in [6, 6.07) is 14.5. The van der Waals surface area contributed by atoms with Crippen LogP contribution in [0.1, 0.15) is 19.4 Å². The predicted molar refractivity (Wildman–Crippen MR) is 102 cm³/mol. The van der Waals surface area contributed by atoms with Crippen molar-refractivity contribution in [1.29, 1.82) is 0 Å². The topological polar surface area (TPSA) is 67.4 Å². The summed E-state index contributed by atoms with van der Waals surface area (Å²) < 4.78 is 18.3. The van der Waals surface area contributed by atoms with E-state index in [0.29, 0.717) is 18.7 Å². The van der Waals surface area contributed by atoms with Gasteiger partial charge in [-0.05, 0) is 42.2 Å². The molecule has 144 valence electrons. The number of ether oxygens (including phenoxy) is 1. The normalized spacial score (nSPS) is 11.7. The van der Waals surface area contributed by atoms with Gasteiger partial charge in [0.15, 0.2) is 6.61 Å². The lowest BCUT2D eigenvalue weighted by molar-refractivity contribution is -0.131. The quantitative estimate of drug-likeness (QED) is 0.711. The number of nitrogens with one attached hydrogen (secondary N) is 2. The number of carbonyl (C=O) groups excluding carboxylic acids is 2. The average molecular weight is 372 g/mol. The first-order chi connectivity index (χ1) is 13.0. The molecule has 0 fully saturated rings. The maximum Gasteiger partial charge on any atom is 0.258 e. The second-order valence-corrected chi connectivity index (χ2v) is 6.56. The van der Waals surface area contributed by atoms with Crippen LogP contribution in [0.5, 0.6) is 5.75 Å². The highest BCUT2D eigenvalue weighted by molar-refractivity contribution is 5.88. The van der Waals surface area contributed by atoms with E-state index in [1.54, 1.807) is 24.3 Å². The van der Waals surface area contributed by atoms with Gasteiger partial charge >= 0.3 is 0 Å². The summed E-state index contributed by atoms with van der Waals surface area (Å²) in [5, 5.41) is 5.54. The molecular formula is C21H25FN2O3. The van der Waals surface area contributed by atoms with Crippen LogP contribution >= 0.6 is 0 Å². The Morgan fingerprint density at radius 1 is 1.04 bits per heavy atom. The second-order valence-electron chi connectivity index (χ2n) is 6.56. The van der Waals surface area contributed by atoms with Crippen molar-refractivity contribution in [2.24, 2.45) is 5.92 Å². The molecule has 0 aliphatic carbocycles. The van der Waals surface area contributed by atoms with Crippen molar-refractivity contribution in [1.82, 2.24) is 10.6 Å². The SMILES string of the molecule is CC(C)[C@H](NC(=O)COc1ccccc1)C(=O)NCCc1ccc(F)cc1. The van der Waals surface area contributed by atoms with Crippen LogP contribution in [0, 0.1) is 11.7 Å². The van der Waals surface area contributed by atoms with E-state index in [0.717, 1.165) is 5.56 Å². The lowest BCUT2D eigenvalue weighted by atomic mass is 10.0. The van der Waals surface area contributed by atoms with E-state index in [-0.39, 0.29) is 30.2 Å². The van der Waals surface area contributed by atoms with Gasteiger partial charge in [-0.3, -0.25) is 9.59 Å². The predicted octanol–water partition coefficient (Wildman–Crippen LogP) is 2.70. The van der Waals surface area contributed by atoms with Crippen LogP contribution in [0.3, 0.4) is 0 Å². The fraction of sp³-hybridized carbons (Fsp3) is 0.333. The van der Waals surface area contributed by atoms with Crippen molar-refractivity contribution >= 4 is 11.8 Å². The summed E-state index contributed by atoms with van der Waals surface area (Å²) >= 11 is 0. The van der Waals surface area contributed by atoms with E-state index in [2.05, 4.69) is 10.6 Å². The van der Waals surface area contributed by atoms with Crippen LogP contribution < -0.4 is 15.4 Å². The Bertz CT molecular complexity index is 733. The summed E-state index contributed by atoms with van der Waals surface area (Å²) in [5.41, 5.74) is 0.929. The summed E-state index contributed by atoms with van der Waals surface area (Å²) in [6.45, 7) is 3.98. The highest BCUT2D eigenvalue weighted by Gasteiger charge is 2.24. The molecule has 0 unspecified atom stereocenters. The van der Waals surface area contributed by atoms with Gasteiger partial charge in [-0.25, -0.2) is 4.39 Å². The zero-order valence-electron chi connectivity index (χ0n) is 15.6. The number of para-hydroxylation sites is 1. The third-order valence-corrected chi connectivity index (χ3v) is 4.00. The minimum absolute atomic E-state index is 0.0727. The summed E-state index contributed by atoms with van der Waals surface area (Å²) in [7, 11) is 0. The lowest BCUT2D eigenvalue weighted by Gasteiger charge is -2.21. The number of halogens is 1. The first kappa shape index (κ1) is 20.4. The molecule has 0 saturated carbocycles. The maximum absolute atomic E-state index is 12.9. The van der Waals surface area contributed by atoms with E-state index in [1.807, 2.05) is 32.0 Å². The van der Waals surface area contributed by atoms with Gasteiger partial charge in [0, 0.05) is 6.54 Å². The standard InChI is InChI=1S/C21H25FN2O3/c1-15(2)20(24-19(25)14-27-18-6-4-3-5-7-18)21(26)23-13-12-16-8-10-17(22)11-9-16/h3-11,15,20H,12-14H2,1-2H3,(H,23,26)(H,24,25)/t20-/m0/s1. The molecule has 0 aliphatic heterocycles. The van der Waals surface area contributed by atoms with Crippen LogP contribution in [0.4, 0.5) is 4.39 Å². The molecule has 0 spiro atoms. The van der Waals surface area contributed by atoms with Crippen LogP contribution in [-0.2, 0) is 16.0 Å². The fourth-order valence-electron chi connectivity index (χ4n) is 2.51. The summed E-state index contributed by atoms with van der Waals surface area (Å²) in [6.07, 6.45) is 0.585. The molecule has 5 nitrogen and oxygen atoms in total. The molecular weight excluding hydrogens is 347 g/mol. The molecule has 27 heavy (non-hydrogen) atoms. The molecule has 0 aromatic heterocycles. The Balaban J connectivity index is 1.79. The highest BCUT2D eigenvalue weighted by Crippen LogP contribution is 2.08. The molecule has 2 aromatic rings. The van der Waals surface area contributed by atoms with E-state index in [1.165, 1.54) is 12.1 Å². The van der Waals surface area contributed by atoms with Gasteiger partial charge in [-0.2, -0.15) is 0 Å². The van der Waals surface area contributed by atoms with Gasteiger partial charge in [0.2, 0.25) is 5.91 Å². The first-order valence-corrected chi connectivity index (χ1v) is 8.95. The smallest absolute Gasteiger partial charge is 0.258 e. The monoisotopic (exact) mass is 372 g/mol. The fourth-order valence-corrected chi connectivity index (χ4v) is 2.51. The number of benzene rings is 2. The number of amides is 2. The third kappa shape index (κ3) is 7.09. The third-order valence-electron chi connectivity index (χ3n) is 4.00.